The highest BCUT2D eigenvalue weighted by Gasteiger charge is 2.20. The molecule has 10 heteroatoms. The second-order valence-electron chi connectivity index (χ2n) is 8.04. The average molecular weight is 471 g/mol. The summed E-state index contributed by atoms with van der Waals surface area (Å²) in [6, 6.07) is 11.5. The first-order valence-electron chi connectivity index (χ1n) is 10.8. The molecule has 0 saturated heterocycles. The number of ether oxygens (including phenoxy) is 4. The molecule has 0 fully saturated rings. The number of fused-ring (bicyclic) bond motifs is 3. The van der Waals surface area contributed by atoms with E-state index in [0.29, 0.717) is 57.0 Å². The van der Waals surface area contributed by atoms with Gasteiger partial charge in [0.15, 0.2) is 11.5 Å². The number of anilines is 1. The molecule has 10 nitrogen and oxygen atoms in total. The highest BCUT2D eigenvalue weighted by molar-refractivity contribution is 6.12. The Morgan fingerprint density at radius 3 is 2.74 bits per heavy atom. The van der Waals surface area contributed by atoms with Crippen LogP contribution in [-0.4, -0.2) is 45.6 Å². The molecule has 1 aliphatic rings. The maximum atomic E-state index is 11.0. The molecule has 0 bridgehead atoms. The Hall–Kier alpha value is -4.73. The van der Waals surface area contributed by atoms with Gasteiger partial charge in [-0.2, -0.15) is 4.98 Å². The third-order valence-corrected chi connectivity index (χ3v) is 6.05. The Labute approximate surface area is 199 Å². The van der Waals surface area contributed by atoms with Crippen molar-refractivity contribution in [3.8, 4) is 40.4 Å². The molecule has 176 valence electrons. The molecular weight excluding hydrogens is 450 g/mol. The third kappa shape index (κ3) is 3.30. The normalized spacial score (nSPS) is 12.4. The van der Waals surface area contributed by atoms with Gasteiger partial charge in [0.1, 0.15) is 0 Å². The number of aromatic nitrogens is 4. The Kier molecular flexibility index (Phi) is 4.73. The predicted molar refractivity (Wildman–Crippen MR) is 129 cm³/mol. The minimum absolute atomic E-state index is 0.0420. The summed E-state index contributed by atoms with van der Waals surface area (Å²) < 4.78 is 23.2. The molecule has 6 rings (SSSR count). The van der Waals surface area contributed by atoms with Crippen LogP contribution in [0.2, 0.25) is 0 Å². The minimum atomic E-state index is 0.0420. The van der Waals surface area contributed by atoms with Gasteiger partial charge >= 0.3 is 6.01 Å². The Morgan fingerprint density at radius 1 is 1.06 bits per heavy atom. The first-order valence-corrected chi connectivity index (χ1v) is 10.8. The van der Waals surface area contributed by atoms with Gasteiger partial charge in [0, 0.05) is 23.3 Å². The largest absolute Gasteiger partial charge is 0.494 e. The van der Waals surface area contributed by atoms with Crippen molar-refractivity contribution in [1.29, 1.82) is 0 Å². The third-order valence-electron chi connectivity index (χ3n) is 6.05. The van der Waals surface area contributed by atoms with E-state index in [2.05, 4.69) is 9.97 Å². The Bertz CT molecular complexity index is 1610. The molecule has 0 aliphatic carbocycles. The van der Waals surface area contributed by atoms with E-state index in [-0.39, 0.29) is 18.7 Å². The quantitative estimate of drug-likeness (QED) is 0.394. The summed E-state index contributed by atoms with van der Waals surface area (Å²) >= 11 is 0. The number of hydrogen-bond acceptors (Lipinski definition) is 9. The molecule has 3 N–H and O–H groups in total. The zero-order valence-corrected chi connectivity index (χ0v) is 19.0. The molecule has 2 aromatic carbocycles. The fourth-order valence-corrected chi connectivity index (χ4v) is 4.37. The lowest BCUT2D eigenvalue weighted by Crippen LogP contribution is -1.99. The smallest absolute Gasteiger partial charge is 0.319 e. The lowest BCUT2D eigenvalue weighted by Gasteiger charge is -2.12. The fraction of sp³-hybridized carbons (Fsp3) is 0.160. The molecule has 0 amide bonds. The number of aromatic hydroxyl groups is 1. The van der Waals surface area contributed by atoms with Crippen LogP contribution in [0.1, 0.15) is 5.56 Å². The van der Waals surface area contributed by atoms with Gasteiger partial charge < -0.3 is 34.4 Å². The maximum Gasteiger partial charge on any atom is 0.319 e. The van der Waals surface area contributed by atoms with E-state index >= 15 is 0 Å². The lowest BCUT2D eigenvalue weighted by molar-refractivity contribution is 0.174. The summed E-state index contributed by atoms with van der Waals surface area (Å²) in [5.41, 5.74) is 10.5. The number of pyridine rings is 1. The fourth-order valence-electron chi connectivity index (χ4n) is 4.37. The number of hydrogen-bond donors (Lipinski definition) is 2. The van der Waals surface area contributed by atoms with Crippen molar-refractivity contribution < 1.29 is 24.1 Å². The molecular formula is C25H21N5O5. The van der Waals surface area contributed by atoms with Crippen molar-refractivity contribution in [3.63, 3.8) is 0 Å². The van der Waals surface area contributed by atoms with Gasteiger partial charge in [-0.1, -0.05) is 24.3 Å². The summed E-state index contributed by atoms with van der Waals surface area (Å²) in [5, 5.41) is 12.2. The van der Waals surface area contributed by atoms with Crippen LogP contribution in [-0.2, 0) is 6.54 Å². The highest BCUT2D eigenvalue weighted by Crippen LogP contribution is 2.41. The van der Waals surface area contributed by atoms with Crippen LogP contribution in [0.4, 0.5) is 5.69 Å². The van der Waals surface area contributed by atoms with Crippen LogP contribution in [0.15, 0.2) is 48.8 Å². The second kappa shape index (κ2) is 7.94. The summed E-state index contributed by atoms with van der Waals surface area (Å²) in [7, 11) is 3.02. The van der Waals surface area contributed by atoms with Crippen molar-refractivity contribution in [2.45, 2.75) is 6.54 Å². The summed E-state index contributed by atoms with van der Waals surface area (Å²) in [4.78, 5) is 13.4. The SMILES string of the molecule is COc1ncc(-c2cccc3c(N)c4c(O)n(Cc5ccc6c(c5)OCO6)cc4nc23)c(OC)n1. The zero-order valence-electron chi connectivity index (χ0n) is 19.0. The van der Waals surface area contributed by atoms with E-state index in [1.807, 2.05) is 36.4 Å². The van der Waals surface area contributed by atoms with Crippen LogP contribution in [0, 0.1) is 0 Å². The van der Waals surface area contributed by atoms with E-state index in [1.165, 1.54) is 14.2 Å². The van der Waals surface area contributed by atoms with Crippen LogP contribution in [0.5, 0.6) is 29.3 Å². The van der Waals surface area contributed by atoms with Crippen molar-refractivity contribution in [1.82, 2.24) is 19.5 Å². The molecule has 0 atom stereocenters. The number of methoxy groups -OCH3 is 2. The molecule has 1 aliphatic heterocycles. The van der Waals surface area contributed by atoms with E-state index in [9.17, 15) is 5.11 Å². The van der Waals surface area contributed by atoms with E-state index in [1.54, 1.807) is 17.0 Å². The molecule has 4 heterocycles. The number of benzene rings is 2. The maximum absolute atomic E-state index is 11.0. The van der Waals surface area contributed by atoms with Crippen LogP contribution < -0.4 is 24.7 Å². The van der Waals surface area contributed by atoms with Crippen molar-refractivity contribution >= 4 is 27.5 Å². The first-order chi connectivity index (χ1) is 17.1. The Morgan fingerprint density at radius 2 is 1.91 bits per heavy atom. The van der Waals surface area contributed by atoms with Crippen molar-refractivity contribution in [2.24, 2.45) is 0 Å². The van der Waals surface area contributed by atoms with Gasteiger partial charge in [-0.3, -0.25) is 0 Å². The molecule has 0 radical (unpaired) electrons. The zero-order chi connectivity index (χ0) is 24.1. The molecule has 3 aromatic heterocycles. The average Bonchev–Trinajstić information content (AvgIpc) is 3.47. The summed E-state index contributed by atoms with van der Waals surface area (Å²) in [6.45, 7) is 0.610. The molecule has 0 unspecified atom stereocenters. The van der Waals surface area contributed by atoms with Crippen molar-refractivity contribution in [3.05, 3.63) is 54.4 Å². The number of rotatable bonds is 5. The van der Waals surface area contributed by atoms with Crippen LogP contribution in [0.25, 0.3) is 32.9 Å². The lowest BCUT2D eigenvalue weighted by atomic mass is 10.0. The molecule has 5 aromatic rings. The summed E-state index contributed by atoms with van der Waals surface area (Å²) in [6.07, 6.45) is 3.41. The second-order valence-corrected chi connectivity index (χ2v) is 8.04. The predicted octanol–water partition coefficient (Wildman–Crippen LogP) is 3.73. The van der Waals surface area contributed by atoms with Crippen LogP contribution >= 0.6 is 0 Å². The van der Waals surface area contributed by atoms with Gasteiger partial charge in [0.25, 0.3) is 0 Å². The highest BCUT2D eigenvalue weighted by atomic mass is 16.7. The standard InChI is InChI=1S/C25H21N5O5/c1-32-23-16(9-27-25(29-23)33-2)14-4-3-5-15-21(26)20-17(28-22(14)15)11-30(24(20)31)10-13-6-7-18-19(8-13)35-12-34-18/h3-9,11,31H,10,12,26H2,1-2H3. The number of nitrogens with zero attached hydrogens (tertiary/aromatic N) is 4. The van der Waals surface area contributed by atoms with E-state index in [0.717, 1.165) is 11.1 Å². The molecule has 0 saturated carbocycles. The Balaban J connectivity index is 1.49. The van der Waals surface area contributed by atoms with E-state index < -0.39 is 0 Å². The number of nitrogen functional groups attached to an aromatic ring is 1. The van der Waals surface area contributed by atoms with Crippen molar-refractivity contribution in [2.75, 3.05) is 26.7 Å². The number of para-hydroxylation sites is 1. The summed E-state index contributed by atoms with van der Waals surface area (Å²) in [5.74, 6) is 1.79. The van der Waals surface area contributed by atoms with Gasteiger partial charge in [0.2, 0.25) is 18.6 Å². The van der Waals surface area contributed by atoms with Gasteiger partial charge in [-0.05, 0) is 17.7 Å². The topological polar surface area (TPSA) is 127 Å². The van der Waals surface area contributed by atoms with E-state index in [4.69, 9.17) is 29.7 Å². The monoisotopic (exact) mass is 471 g/mol. The van der Waals surface area contributed by atoms with Crippen LogP contribution in [0.3, 0.4) is 0 Å². The molecule has 0 spiro atoms. The molecule has 35 heavy (non-hydrogen) atoms. The first kappa shape index (κ1) is 20.8. The van der Waals surface area contributed by atoms with Gasteiger partial charge in [0.05, 0.1) is 48.4 Å². The minimum Gasteiger partial charge on any atom is -0.494 e. The van der Waals surface area contributed by atoms with Gasteiger partial charge in [-0.25, -0.2) is 9.97 Å². The van der Waals surface area contributed by atoms with Gasteiger partial charge in [-0.15, -0.1) is 0 Å². The number of nitrogens with two attached hydrogens (primary N) is 1.